The number of nitrogens with two attached hydrogens (primary N) is 1. The van der Waals surface area contributed by atoms with Gasteiger partial charge in [-0.3, -0.25) is 19.9 Å². The second-order valence-corrected chi connectivity index (χ2v) is 12.3. The Morgan fingerprint density at radius 3 is 2.63 bits per heavy atom. The zero-order chi connectivity index (χ0) is 30.3. The Bertz CT molecular complexity index is 2130. The third-order valence-electron chi connectivity index (χ3n) is 6.81. The topological polar surface area (TPSA) is 185 Å². The lowest BCUT2D eigenvalue weighted by atomic mass is 10.1. The Labute approximate surface area is 244 Å². The molecule has 1 amide bonds. The number of aromatic amines is 2. The van der Waals surface area contributed by atoms with E-state index in [1.165, 1.54) is 12.1 Å². The number of imidazole rings is 1. The largest absolute Gasteiger partial charge is 0.336 e. The number of fused-ring (bicyclic) bond motifs is 2. The van der Waals surface area contributed by atoms with Gasteiger partial charge in [0.2, 0.25) is 5.91 Å². The maximum absolute atomic E-state index is 14.6. The molecule has 0 aliphatic carbocycles. The number of sulfone groups is 1. The smallest absolute Gasteiger partial charge is 0.224 e. The van der Waals surface area contributed by atoms with E-state index in [-0.39, 0.29) is 11.5 Å². The van der Waals surface area contributed by atoms with Gasteiger partial charge in [-0.1, -0.05) is 6.92 Å². The van der Waals surface area contributed by atoms with Crippen LogP contribution in [0.4, 0.5) is 10.1 Å². The molecule has 0 saturated carbocycles. The van der Waals surface area contributed by atoms with Crippen molar-refractivity contribution < 1.29 is 17.6 Å². The lowest BCUT2D eigenvalue weighted by Gasteiger charge is -2.12. The molecule has 6 rings (SSSR count). The summed E-state index contributed by atoms with van der Waals surface area (Å²) in [7, 11) is -3.67. The normalized spacial score (nSPS) is 12.6. The second-order valence-electron chi connectivity index (χ2n) is 10.1. The number of rotatable bonds is 8. The van der Waals surface area contributed by atoms with Crippen molar-refractivity contribution in [1.29, 1.82) is 0 Å². The molecule has 1 atom stereocenters. The van der Waals surface area contributed by atoms with E-state index in [1.807, 2.05) is 19.1 Å². The highest BCUT2D eigenvalue weighted by atomic mass is 32.2. The summed E-state index contributed by atoms with van der Waals surface area (Å²) in [6.45, 7) is 1.93. The molecule has 1 unspecified atom stereocenters. The van der Waals surface area contributed by atoms with Crippen molar-refractivity contribution in [2.24, 2.45) is 5.73 Å². The molecule has 0 bridgehead atoms. The minimum Gasteiger partial charge on any atom is -0.336 e. The maximum atomic E-state index is 14.6. The first-order chi connectivity index (χ1) is 20.6. The van der Waals surface area contributed by atoms with Crippen molar-refractivity contribution in [1.82, 2.24) is 35.1 Å². The average molecular weight is 600 g/mol. The van der Waals surface area contributed by atoms with Crippen LogP contribution in [-0.4, -0.2) is 55.7 Å². The lowest BCUT2D eigenvalue weighted by molar-refractivity contribution is -0.116. The molecule has 6 aromatic rings. The Balaban J connectivity index is 1.40. The number of carbonyl (C=O) groups is 1. The molecule has 43 heavy (non-hydrogen) atoms. The van der Waals surface area contributed by atoms with Crippen LogP contribution in [0.2, 0.25) is 0 Å². The molecule has 218 valence electrons. The Kier molecular flexibility index (Phi) is 7.15. The Hall–Kier alpha value is -5.08. The first-order valence-electron chi connectivity index (χ1n) is 13.3. The number of hydrogen-bond donors (Lipinski definition) is 4. The van der Waals surface area contributed by atoms with E-state index in [2.05, 4.69) is 30.5 Å². The number of nitrogens with one attached hydrogen (secondary N) is 3. The molecule has 5 N–H and O–H groups in total. The van der Waals surface area contributed by atoms with E-state index < -0.39 is 21.0 Å². The van der Waals surface area contributed by atoms with Gasteiger partial charge in [0.05, 0.1) is 34.3 Å². The number of pyridine rings is 3. The molecular formula is C29H26FN9O3S. The van der Waals surface area contributed by atoms with Crippen molar-refractivity contribution in [3.8, 4) is 34.0 Å². The van der Waals surface area contributed by atoms with E-state index in [1.54, 1.807) is 30.7 Å². The van der Waals surface area contributed by atoms with Crippen LogP contribution in [0.15, 0.2) is 61.1 Å². The first kappa shape index (κ1) is 28.1. The number of benzene rings is 1. The molecular weight excluding hydrogens is 573 g/mol. The second kappa shape index (κ2) is 11.0. The van der Waals surface area contributed by atoms with Crippen LogP contribution >= 0.6 is 0 Å². The van der Waals surface area contributed by atoms with Crippen LogP contribution in [0, 0.1) is 5.82 Å². The summed E-state index contributed by atoms with van der Waals surface area (Å²) in [6, 6.07) is 11.0. The van der Waals surface area contributed by atoms with Crippen LogP contribution in [0.3, 0.4) is 0 Å². The molecule has 14 heteroatoms. The third-order valence-corrected chi connectivity index (χ3v) is 8.01. The number of nitrogens with zero attached hydrogens (tertiary/aromatic N) is 5. The van der Waals surface area contributed by atoms with Gasteiger partial charge < -0.3 is 16.0 Å². The predicted molar refractivity (Wildman–Crippen MR) is 161 cm³/mol. The molecule has 0 aliphatic rings. The van der Waals surface area contributed by atoms with Gasteiger partial charge in [-0.15, -0.1) is 0 Å². The van der Waals surface area contributed by atoms with Crippen LogP contribution in [-0.2, 0) is 14.6 Å². The number of aromatic nitrogens is 7. The number of H-pyrrole nitrogens is 2. The lowest BCUT2D eigenvalue weighted by Crippen LogP contribution is -2.20. The van der Waals surface area contributed by atoms with Crippen molar-refractivity contribution in [2.45, 2.75) is 25.1 Å². The predicted octanol–water partition coefficient (Wildman–Crippen LogP) is 4.50. The molecule has 0 aliphatic heterocycles. The number of amides is 1. The first-order valence-corrected chi connectivity index (χ1v) is 15.3. The summed E-state index contributed by atoms with van der Waals surface area (Å²) >= 11 is 0. The molecule has 5 heterocycles. The summed E-state index contributed by atoms with van der Waals surface area (Å²) in [5.74, 6) is -0.351. The summed E-state index contributed by atoms with van der Waals surface area (Å²) in [6.07, 6.45) is 6.92. The van der Waals surface area contributed by atoms with E-state index in [0.717, 1.165) is 18.7 Å². The fourth-order valence-corrected chi connectivity index (χ4v) is 5.37. The van der Waals surface area contributed by atoms with Crippen molar-refractivity contribution in [3.05, 3.63) is 72.4 Å². The standard InChI is InChI=1S/C29H26FN9O3S/c1-3-4-23(40)34-19-12-17(13-32-14-19)20-5-6-22-26(35-20)27(39-38-22)29-36-21-7-8-33-24(25(21)37-29)15-9-16(11-18(30)10-15)28(31)43(2,41)42/h5-14,28H,3-4,31H2,1-2H3,(H,34,40)(H,36,37)(H,38,39). The summed E-state index contributed by atoms with van der Waals surface area (Å²) < 4.78 is 38.7. The van der Waals surface area contributed by atoms with E-state index in [0.29, 0.717) is 68.2 Å². The minimum atomic E-state index is -3.67. The number of hydrogen-bond acceptors (Lipinski definition) is 9. The van der Waals surface area contributed by atoms with Crippen molar-refractivity contribution >= 4 is 43.5 Å². The number of anilines is 1. The molecule has 0 saturated heterocycles. The average Bonchev–Trinajstić information content (AvgIpc) is 3.60. The SMILES string of the molecule is CCCC(=O)Nc1cncc(-c2ccc3[nH]nc(-c4nc5c(-c6cc(F)cc(C(N)S(C)(=O)=O)c6)nccc5[nH]4)c3n2)c1. The van der Waals surface area contributed by atoms with Gasteiger partial charge in [-0.2, -0.15) is 5.10 Å². The van der Waals surface area contributed by atoms with Crippen molar-refractivity contribution in [2.75, 3.05) is 11.6 Å². The minimum absolute atomic E-state index is 0.0894. The van der Waals surface area contributed by atoms with Gasteiger partial charge in [0.25, 0.3) is 0 Å². The van der Waals surface area contributed by atoms with Gasteiger partial charge in [0.15, 0.2) is 21.4 Å². The molecule has 5 aromatic heterocycles. The summed E-state index contributed by atoms with van der Waals surface area (Å²) in [5.41, 5.74) is 11.2. The molecule has 1 aromatic carbocycles. The fraction of sp³-hybridized carbons (Fsp3) is 0.172. The van der Waals surface area contributed by atoms with Gasteiger partial charge in [0, 0.05) is 36.2 Å². The third kappa shape index (κ3) is 5.57. The van der Waals surface area contributed by atoms with Crippen LogP contribution in [0.5, 0.6) is 0 Å². The van der Waals surface area contributed by atoms with Crippen molar-refractivity contribution in [3.63, 3.8) is 0 Å². The highest BCUT2D eigenvalue weighted by Crippen LogP contribution is 2.32. The monoisotopic (exact) mass is 599 g/mol. The maximum Gasteiger partial charge on any atom is 0.224 e. The van der Waals surface area contributed by atoms with E-state index in [4.69, 9.17) is 15.7 Å². The molecule has 0 spiro atoms. The van der Waals surface area contributed by atoms with E-state index in [9.17, 15) is 17.6 Å². The molecule has 0 fully saturated rings. The van der Waals surface area contributed by atoms with Gasteiger partial charge >= 0.3 is 0 Å². The zero-order valence-corrected chi connectivity index (χ0v) is 23.9. The quantitative estimate of drug-likeness (QED) is 0.195. The van der Waals surface area contributed by atoms with Gasteiger partial charge in [-0.25, -0.2) is 22.8 Å². The Morgan fingerprint density at radius 1 is 1.02 bits per heavy atom. The zero-order valence-electron chi connectivity index (χ0n) is 23.1. The number of carbonyl (C=O) groups excluding carboxylic acids is 1. The van der Waals surface area contributed by atoms with Crippen LogP contribution < -0.4 is 11.1 Å². The van der Waals surface area contributed by atoms with E-state index >= 15 is 0 Å². The van der Waals surface area contributed by atoms with Gasteiger partial charge in [0.1, 0.15) is 22.2 Å². The fourth-order valence-electron chi connectivity index (χ4n) is 4.74. The van der Waals surface area contributed by atoms with Gasteiger partial charge in [-0.05, 0) is 54.4 Å². The van der Waals surface area contributed by atoms with Crippen LogP contribution in [0.1, 0.15) is 30.7 Å². The molecule has 12 nitrogen and oxygen atoms in total. The summed E-state index contributed by atoms with van der Waals surface area (Å²) in [5, 5.41) is 8.86. The van der Waals surface area contributed by atoms with Crippen LogP contribution in [0.25, 0.3) is 56.1 Å². The Morgan fingerprint density at radius 2 is 1.84 bits per heavy atom. The highest BCUT2D eigenvalue weighted by molar-refractivity contribution is 7.90. The summed E-state index contributed by atoms with van der Waals surface area (Å²) in [4.78, 5) is 33.5. The highest BCUT2D eigenvalue weighted by Gasteiger charge is 2.22. The number of halogens is 1. The molecule has 0 radical (unpaired) electrons.